The number of aryl methyl sites for hydroxylation is 1. The van der Waals surface area contributed by atoms with Crippen LogP contribution >= 0.6 is 0 Å². The van der Waals surface area contributed by atoms with Crippen LogP contribution in [0.15, 0.2) is 18.3 Å². The number of ether oxygens (including phenoxy) is 1. The van der Waals surface area contributed by atoms with Crippen LogP contribution in [0.25, 0.3) is 0 Å². The molecule has 2 atom stereocenters. The summed E-state index contributed by atoms with van der Waals surface area (Å²) in [5.74, 6) is -0.471. The molecule has 0 aromatic carbocycles. The average molecular weight is 238 g/mol. The molecule has 2 N–H and O–H groups in total. The number of methoxy groups -OCH3 is 1. The zero-order valence-electron chi connectivity index (χ0n) is 10.3. The number of hydrogen-bond donors (Lipinski definition) is 2. The second-order valence-electron chi connectivity index (χ2n) is 3.87. The van der Waals surface area contributed by atoms with Crippen LogP contribution in [0, 0.1) is 6.92 Å². The number of carbonyl (C=O) groups is 1. The molecule has 0 radical (unpaired) electrons. The van der Waals surface area contributed by atoms with Gasteiger partial charge in [0.15, 0.2) is 0 Å². The number of pyridine rings is 1. The molecule has 5 nitrogen and oxygen atoms in total. The molecule has 94 valence electrons. The third-order valence-electron chi connectivity index (χ3n) is 2.57. The first kappa shape index (κ1) is 13.6. The van der Waals surface area contributed by atoms with E-state index in [4.69, 9.17) is 0 Å². The normalized spacial score (nSPS) is 14.1. The molecule has 0 aliphatic heterocycles. The monoisotopic (exact) mass is 238 g/mol. The van der Waals surface area contributed by atoms with Crippen LogP contribution in [-0.4, -0.2) is 35.3 Å². The first-order chi connectivity index (χ1) is 8.06. The van der Waals surface area contributed by atoms with Crippen LogP contribution in [0.2, 0.25) is 0 Å². The van der Waals surface area contributed by atoms with E-state index < -0.39 is 18.1 Å². The van der Waals surface area contributed by atoms with Crippen molar-refractivity contribution in [3.8, 4) is 0 Å². The number of aliphatic hydroxyl groups excluding tert-OH is 1. The molecule has 0 saturated carbocycles. The fraction of sp³-hybridized carbons (Fsp3) is 0.500. The molecule has 0 aliphatic carbocycles. The molecular weight excluding hydrogens is 220 g/mol. The number of esters is 1. The highest BCUT2D eigenvalue weighted by atomic mass is 16.5. The Labute approximate surface area is 101 Å². The molecule has 1 rings (SSSR count). The van der Waals surface area contributed by atoms with Crippen molar-refractivity contribution in [1.29, 1.82) is 0 Å². The molecular formula is C12H18N2O3. The van der Waals surface area contributed by atoms with Crippen LogP contribution in [0.1, 0.15) is 18.2 Å². The van der Waals surface area contributed by atoms with Gasteiger partial charge >= 0.3 is 5.97 Å². The summed E-state index contributed by atoms with van der Waals surface area (Å²) in [7, 11) is 1.30. The molecule has 0 spiro atoms. The van der Waals surface area contributed by atoms with Crippen molar-refractivity contribution in [2.75, 3.05) is 7.11 Å². The number of aliphatic hydroxyl groups is 1. The van der Waals surface area contributed by atoms with E-state index in [-0.39, 0.29) is 0 Å². The van der Waals surface area contributed by atoms with Crippen molar-refractivity contribution in [2.45, 2.75) is 32.5 Å². The molecule has 0 fully saturated rings. The Kier molecular flexibility index (Phi) is 5.06. The Balaban J connectivity index is 2.64. The van der Waals surface area contributed by atoms with Gasteiger partial charge in [-0.1, -0.05) is 6.07 Å². The van der Waals surface area contributed by atoms with Gasteiger partial charge in [-0.25, -0.2) is 0 Å². The van der Waals surface area contributed by atoms with Crippen LogP contribution in [0.4, 0.5) is 0 Å². The minimum Gasteiger partial charge on any atom is -0.468 e. The standard InChI is InChI=1S/C12H18N2O3/c1-8-10(5-4-6-13-8)7-14-11(9(2)15)12(16)17-3/h4-6,9,11,14-15H,7H2,1-3H3/t9-,11-/m0/s1. The molecule has 0 saturated heterocycles. The lowest BCUT2D eigenvalue weighted by Crippen LogP contribution is -2.45. The van der Waals surface area contributed by atoms with E-state index in [1.165, 1.54) is 7.11 Å². The molecule has 0 amide bonds. The van der Waals surface area contributed by atoms with E-state index >= 15 is 0 Å². The summed E-state index contributed by atoms with van der Waals surface area (Å²) in [5.41, 5.74) is 1.89. The van der Waals surface area contributed by atoms with Crippen LogP contribution in [0.3, 0.4) is 0 Å². The highest BCUT2D eigenvalue weighted by Crippen LogP contribution is 2.05. The fourth-order valence-corrected chi connectivity index (χ4v) is 1.50. The summed E-state index contributed by atoms with van der Waals surface area (Å²) in [4.78, 5) is 15.5. The Morgan fingerprint density at radius 3 is 2.88 bits per heavy atom. The van der Waals surface area contributed by atoms with Gasteiger partial charge in [0.25, 0.3) is 0 Å². The first-order valence-electron chi connectivity index (χ1n) is 5.46. The van der Waals surface area contributed by atoms with Gasteiger partial charge in [0.2, 0.25) is 0 Å². The molecule has 1 aromatic heterocycles. The van der Waals surface area contributed by atoms with Crippen molar-refractivity contribution in [3.63, 3.8) is 0 Å². The van der Waals surface area contributed by atoms with E-state index in [1.807, 2.05) is 19.1 Å². The average Bonchev–Trinajstić information content (AvgIpc) is 2.30. The van der Waals surface area contributed by atoms with Gasteiger partial charge in [-0.15, -0.1) is 0 Å². The largest absolute Gasteiger partial charge is 0.468 e. The number of nitrogens with zero attached hydrogens (tertiary/aromatic N) is 1. The maximum atomic E-state index is 11.4. The highest BCUT2D eigenvalue weighted by Gasteiger charge is 2.23. The Morgan fingerprint density at radius 2 is 2.35 bits per heavy atom. The van der Waals surface area contributed by atoms with Gasteiger partial charge in [0.05, 0.1) is 13.2 Å². The van der Waals surface area contributed by atoms with Crippen molar-refractivity contribution in [1.82, 2.24) is 10.3 Å². The number of carbonyl (C=O) groups excluding carboxylic acids is 1. The van der Waals surface area contributed by atoms with E-state index in [2.05, 4.69) is 15.0 Å². The Bertz CT molecular complexity index is 380. The summed E-state index contributed by atoms with van der Waals surface area (Å²) in [6, 6.07) is 3.03. The molecule has 0 aliphatic rings. The smallest absolute Gasteiger partial charge is 0.325 e. The molecule has 0 bridgehead atoms. The predicted molar refractivity (Wildman–Crippen MR) is 63.3 cm³/mol. The summed E-state index contributed by atoms with van der Waals surface area (Å²) < 4.78 is 4.62. The van der Waals surface area contributed by atoms with Crippen molar-refractivity contribution < 1.29 is 14.6 Å². The first-order valence-corrected chi connectivity index (χ1v) is 5.46. The van der Waals surface area contributed by atoms with Gasteiger partial charge < -0.3 is 9.84 Å². The lowest BCUT2D eigenvalue weighted by Gasteiger charge is -2.19. The number of aromatic nitrogens is 1. The van der Waals surface area contributed by atoms with Gasteiger partial charge in [0, 0.05) is 18.4 Å². The minimum absolute atomic E-state index is 0.463. The molecule has 17 heavy (non-hydrogen) atoms. The molecule has 0 unspecified atom stereocenters. The number of rotatable bonds is 5. The second kappa shape index (κ2) is 6.32. The van der Waals surface area contributed by atoms with E-state index in [1.54, 1.807) is 13.1 Å². The van der Waals surface area contributed by atoms with E-state index in [9.17, 15) is 9.90 Å². The summed E-state index contributed by atoms with van der Waals surface area (Å²) in [6.45, 7) is 3.90. The quantitative estimate of drug-likeness (QED) is 0.727. The Hall–Kier alpha value is -1.46. The van der Waals surface area contributed by atoms with Crippen molar-refractivity contribution in [2.24, 2.45) is 0 Å². The summed E-state index contributed by atoms with van der Waals surface area (Å²) in [5, 5.41) is 12.4. The third kappa shape index (κ3) is 3.80. The minimum atomic E-state index is -0.806. The molecule has 5 heteroatoms. The number of hydrogen-bond acceptors (Lipinski definition) is 5. The van der Waals surface area contributed by atoms with Gasteiger partial charge in [-0.3, -0.25) is 15.1 Å². The lowest BCUT2D eigenvalue weighted by molar-refractivity contribution is -0.145. The lowest BCUT2D eigenvalue weighted by atomic mass is 10.1. The van der Waals surface area contributed by atoms with Crippen LogP contribution in [-0.2, 0) is 16.1 Å². The van der Waals surface area contributed by atoms with Crippen LogP contribution in [0.5, 0.6) is 0 Å². The van der Waals surface area contributed by atoms with Gasteiger partial charge in [-0.05, 0) is 25.5 Å². The van der Waals surface area contributed by atoms with E-state index in [0.717, 1.165) is 11.3 Å². The maximum absolute atomic E-state index is 11.4. The Morgan fingerprint density at radius 1 is 1.65 bits per heavy atom. The second-order valence-corrected chi connectivity index (χ2v) is 3.87. The van der Waals surface area contributed by atoms with Gasteiger partial charge in [0.1, 0.15) is 6.04 Å². The molecule has 1 aromatic rings. The summed E-state index contributed by atoms with van der Waals surface area (Å²) in [6.07, 6.45) is 0.907. The topological polar surface area (TPSA) is 71.5 Å². The van der Waals surface area contributed by atoms with E-state index in [0.29, 0.717) is 6.54 Å². The SMILES string of the molecule is COC(=O)[C@@H](NCc1cccnc1C)[C@H](C)O. The van der Waals surface area contributed by atoms with Crippen molar-refractivity contribution in [3.05, 3.63) is 29.6 Å². The number of nitrogens with one attached hydrogen (secondary N) is 1. The summed E-state index contributed by atoms with van der Waals surface area (Å²) >= 11 is 0. The van der Waals surface area contributed by atoms with Gasteiger partial charge in [-0.2, -0.15) is 0 Å². The highest BCUT2D eigenvalue weighted by molar-refractivity contribution is 5.76. The predicted octanol–water partition coefficient (Wildman–Crippen LogP) is 0.402. The zero-order chi connectivity index (χ0) is 12.8. The third-order valence-corrected chi connectivity index (χ3v) is 2.57. The van der Waals surface area contributed by atoms with Crippen LogP contribution < -0.4 is 5.32 Å². The van der Waals surface area contributed by atoms with Crippen molar-refractivity contribution >= 4 is 5.97 Å². The molecule has 1 heterocycles. The zero-order valence-corrected chi connectivity index (χ0v) is 10.3. The maximum Gasteiger partial charge on any atom is 0.325 e. The fourth-order valence-electron chi connectivity index (χ4n) is 1.50.